The Morgan fingerprint density at radius 2 is 1.94 bits per heavy atom. The van der Waals surface area contributed by atoms with Gasteiger partial charge in [-0.25, -0.2) is 0 Å². The molecule has 5 nitrogen and oxygen atoms in total. The minimum Gasteiger partial charge on any atom is -0.496 e. The zero-order valence-corrected chi connectivity index (χ0v) is 10.5. The van der Waals surface area contributed by atoms with Gasteiger partial charge in [-0.3, -0.25) is 4.79 Å². The number of benzene rings is 1. The van der Waals surface area contributed by atoms with Crippen LogP contribution in [0.25, 0.3) is 0 Å². The van der Waals surface area contributed by atoms with Gasteiger partial charge in [-0.2, -0.15) is 0 Å². The number of amides is 1. The Kier molecular flexibility index (Phi) is 3.54. The summed E-state index contributed by atoms with van der Waals surface area (Å²) < 4.78 is 5.16. The van der Waals surface area contributed by atoms with Crippen LogP contribution in [0.1, 0.15) is 15.9 Å². The molecule has 1 amide bonds. The monoisotopic (exact) mass is 251 g/mol. The number of carbonyl (C=O) groups excluding carboxylic acids is 1. The van der Waals surface area contributed by atoms with Crippen molar-refractivity contribution in [2.45, 2.75) is 19.1 Å². The molecule has 2 N–H and O–H groups in total. The van der Waals surface area contributed by atoms with E-state index in [9.17, 15) is 15.0 Å². The lowest BCUT2D eigenvalue weighted by atomic mass is 10.1. The van der Waals surface area contributed by atoms with Crippen LogP contribution in [0.5, 0.6) is 5.75 Å². The number of carbonyl (C=O) groups is 1. The van der Waals surface area contributed by atoms with E-state index in [1.54, 1.807) is 12.1 Å². The van der Waals surface area contributed by atoms with Crippen LogP contribution in [0, 0.1) is 6.92 Å². The van der Waals surface area contributed by atoms with Crippen LogP contribution >= 0.6 is 0 Å². The van der Waals surface area contributed by atoms with Gasteiger partial charge < -0.3 is 19.8 Å². The first-order valence-electron chi connectivity index (χ1n) is 5.83. The summed E-state index contributed by atoms with van der Waals surface area (Å²) >= 11 is 0. The summed E-state index contributed by atoms with van der Waals surface area (Å²) in [4.78, 5) is 13.7. The van der Waals surface area contributed by atoms with Crippen LogP contribution in [0.4, 0.5) is 0 Å². The van der Waals surface area contributed by atoms with E-state index >= 15 is 0 Å². The average molecular weight is 251 g/mol. The lowest BCUT2D eigenvalue weighted by molar-refractivity contribution is 0.0572. The number of aliphatic hydroxyl groups excluding tert-OH is 2. The molecule has 98 valence electrons. The summed E-state index contributed by atoms with van der Waals surface area (Å²) in [6.45, 7) is 2.19. The maximum absolute atomic E-state index is 12.3. The molecule has 1 saturated heterocycles. The number of β-amino-alcohol motifs (C(OH)–C–C–N with tert-alkyl or cyclic N) is 2. The van der Waals surface area contributed by atoms with E-state index < -0.39 is 12.2 Å². The topological polar surface area (TPSA) is 70.0 Å². The summed E-state index contributed by atoms with van der Waals surface area (Å²) in [6.07, 6.45) is -1.74. The number of rotatable bonds is 2. The van der Waals surface area contributed by atoms with Gasteiger partial charge in [0.05, 0.1) is 24.9 Å². The van der Waals surface area contributed by atoms with Crippen LogP contribution in [-0.2, 0) is 0 Å². The van der Waals surface area contributed by atoms with Gasteiger partial charge in [0.1, 0.15) is 5.75 Å². The fraction of sp³-hybridized carbons (Fsp3) is 0.462. The molecule has 2 atom stereocenters. The second-order valence-electron chi connectivity index (χ2n) is 4.55. The molecule has 0 bridgehead atoms. The Bertz CT molecular complexity index is 450. The summed E-state index contributed by atoms with van der Waals surface area (Å²) in [5.41, 5.74) is 1.42. The summed E-state index contributed by atoms with van der Waals surface area (Å²) in [7, 11) is 1.51. The number of methoxy groups -OCH3 is 1. The number of aliphatic hydroxyl groups is 2. The molecule has 0 radical (unpaired) electrons. The zero-order valence-electron chi connectivity index (χ0n) is 10.5. The van der Waals surface area contributed by atoms with Gasteiger partial charge in [0.25, 0.3) is 5.91 Å². The van der Waals surface area contributed by atoms with Crippen LogP contribution in [-0.4, -0.2) is 53.4 Å². The normalized spacial score (nSPS) is 23.2. The van der Waals surface area contributed by atoms with E-state index in [1.807, 2.05) is 13.0 Å². The molecule has 2 rings (SSSR count). The fourth-order valence-electron chi connectivity index (χ4n) is 2.09. The molecule has 1 fully saturated rings. The number of hydrogen-bond acceptors (Lipinski definition) is 4. The number of nitrogens with zero attached hydrogens (tertiary/aromatic N) is 1. The number of aryl methyl sites for hydroxylation is 1. The Morgan fingerprint density at radius 1 is 1.33 bits per heavy atom. The molecular weight excluding hydrogens is 234 g/mol. The second kappa shape index (κ2) is 4.96. The molecule has 18 heavy (non-hydrogen) atoms. The number of likely N-dealkylation sites (tertiary alicyclic amines) is 1. The molecular formula is C13H17NO4. The van der Waals surface area contributed by atoms with Gasteiger partial charge in [0.2, 0.25) is 0 Å². The van der Waals surface area contributed by atoms with Gasteiger partial charge in [0.15, 0.2) is 0 Å². The molecule has 5 heteroatoms. The summed E-state index contributed by atoms with van der Waals surface area (Å²) in [6, 6.07) is 5.35. The van der Waals surface area contributed by atoms with Crippen molar-refractivity contribution in [2.24, 2.45) is 0 Å². The van der Waals surface area contributed by atoms with E-state index in [-0.39, 0.29) is 19.0 Å². The SMILES string of the molecule is COc1ccc(C)cc1C(=O)N1C[C@@H](O)[C@@H](O)C1. The van der Waals surface area contributed by atoms with E-state index in [4.69, 9.17) is 4.74 Å². The van der Waals surface area contributed by atoms with E-state index in [1.165, 1.54) is 12.0 Å². The van der Waals surface area contributed by atoms with Crippen molar-refractivity contribution in [3.8, 4) is 5.75 Å². The fourth-order valence-corrected chi connectivity index (χ4v) is 2.09. The van der Waals surface area contributed by atoms with Crippen molar-refractivity contribution >= 4 is 5.91 Å². The van der Waals surface area contributed by atoms with Crippen molar-refractivity contribution in [3.63, 3.8) is 0 Å². The molecule has 0 saturated carbocycles. The molecule has 1 aliphatic rings. The van der Waals surface area contributed by atoms with Crippen LogP contribution in [0.3, 0.4) is 0 Å². The largest absolute Gasteiger partial charge is 0.496 e. The smallest absolute Gasteiger partial charge is 0.257 e. The van der Waals surface area contributed by atoms with Crippen molar-refractivity contribution in [1.29, 1.82) is 0 Å². The summed E-state index contributed by atoms with van der Waals surface area (Å²) in [5, 5.41) is 18.9. The highest BCUT2D eigenvalue weighted by Gasteiger charge is 2.33. The Hall–Kier alpha value is -1.59. The minimum atomic E-state index is -0.871. The maximum atomic E-state index is 12.3. The van der Waals surface area contributed by atoms with Gasteiger partial charge in [-0.15, -0.1) is 0 Å². The van der Waals surface area contributed by atoms with E-state index in [2.05, 4.69) is 0 Å². The third-order valence-corrected chi connectivity index (χ3v) is 3.13. The molecule has 1 aromatic rings. The standard InChI is InChI=1S/C13H17NO4/c1-8-3-4-12(18-2)9(5-8)13(17)14-6-10(15)11(16)7-14/h3-5,10-11,15-16H,6-7H2,1-2H3/t10-,11+. The van der Waals surface area contributed by atoms with Crippen molar-refractivity contribution in [2.75, 3.05) is 20.2 Å². The van der Waals surface area contributed by atoms with Crippen molar-refractivity contribution in [1.82, 2.24) is 4.90 Å². The van der Waals surface area contributed by atoms with Crippen molar-refractivity contribution in [3.05, 3.63) is 29.3 Å². The molecule has 1 aromatic carbocycles. The number of hydrogen-bond donors (Lipinski definition) is 2. The highest BCUT2D eigenvalue weighted by Crippen LogP contribution is 2.23. The highest BCUT2D eigenvalue weighted by atomic mass is 16.5. The molecule has 0 unspecified atom stereocenters. The predicted octanol–water partition coefficient (Wildman–Crippen LogP) is 0.181. The lowest BCUT2D eigenvalue weighted by Crippen LogP contribution is -2.30. The van der Waals surface area contributed by atoms with Gasteiger partial charge in [-0.1, -0.05) is 11.6 Å². The zero-order chi connectivity index (χ0) is 13.3. The van der Waals surface area contributed by atoms with Crippen LogP contribution in [0.2, 0.25) is 0 Å². The van der Waals surface area contributed by atoms with E-state index in [0.29, 0.717) is 11.3 Å². The molecule has 0 spiro atoms. The molecule has 1 heterocycles. The Labute approximate surface area is 106 Å². The Morgan fingerprint density at radius 3 is 2.50 bits per heavy atom. The molecule has 0 aromatic heterocycles. The van der Waals surface area contributed by atoms with E-state index in [0.717, 1.165) is 5.56 Å². The van der Waals surface area contributed by atoms with Crippen LogP contribution in [0.15, 0.2) is 18.2 Å². The summed E-state index contributed by atoms with van der Waals surface area (Å²) in [5.74, 6) is 0.271. The minimum absolute atomic E-state index is 0.150. The molecule has 1 aliphatic heterocycles. The van der Waals surface area contributed by atoms with Crippen LogP contribution < -0.4 is 4.74 Å². The van der Waals surface area contributed by atoms with Gasteiger partial charge >= 0.3 is 0 Å². The average Bonchev–Trinajstić information content (AvgIpc) is 2.68. The third kappa shape index (κ3) is 2.32. The quantitative estimate of drug-likeness (QED) is 0.786. The first kappa shape index (κ1) is 12.9. The lowest BCUT2D eigenvalue weighted by Gasteiger charge is -2.17. The van der Waals surface area contributed by atoms with Crippen molar-refractivity contribution < 1.29 is 19.7 Å². The second-order valence-corrected chi connectivity index (χ2v) is 4.55. The third-order valence-electron chi connectivity index (χ3n) is 3.13. The maximum Gasteiger partial charge on any atom is 0.257 e. The highest BCUT2D eigenvalue weighted by molar-refractivity contribution is 5.97. The van der Waals surface area contributed by atoms with Gasteiger partial charge in [-0.05, 0) is 19.1 Å². The van der Waals surface area contributed by atoms with Gasteiger partial charge in [0, 0.05) is 13.1 Å². The number of ether oxygens (including phenoxy) is 1. The molecule has 0 aliphatic carbocycles. The first-order valence-corrected chi connectivity index (χ1v) is 5.83. The first-order chi connectivity index (χ1) is 8.52. The Balaban J connectivity index is 2.26. The predicted molar refractivity (Wildman–Crippen MR) is 65.6 cm³/mol.